The Labute approximate surface area is 104 Å². The van der Waals surface area contributed by atoms with Gasteiger partial charge in [0.15, 0.2) is 11.6 Å². The Hall–Kier alpha value is -1.90. The minimum Gasteiger partial charge on any atom is -0.384 e. The van der Waals surface area contributed by atoms with E-state index in [1.807, 2.05) is 18.2 Å². The summed E-state index contributed by atoms with van der Waals surface area (Å²) in [6.07, 6.45) is 2.05. The first kappa shape index (κ1) is 11.2. The van der Waals surface area contributed by atoms with Gasteiger partial charge in [-0.15, -0.1) is 0 Å². The molecule has 0 saturated carbocycles. The number of nitrogens with one attached hydrogen (secondary N) is 1. The predicted octanol–water partition coefficient (Wildman–Crippen LogP) is 3.99. The number of fused-ring (bicyclic) bond motifs is 1. The molecule has 0 aliphatic carbocycles. The standard InChI is InChI=1S/C15H13F2N/c16-13-8-2-6-11(14(13)17)12-7-1-4-10-5-3-9-18-15(10)12/h1-2,4,6-8,18H,3,5,9H2. The number of para-hydroxylation sites is 1. The van der Waals surface area contributed by atoms with Gasteiger partial charge in [0.05, 0.1) is 0 Å². The first-order valence-electron chi connectivity index (χ1n) is 6.07. The van der Waals surface area contributed by atoms with E-state index in [4.69, 9.17) is 0 Å². The summed E-state index contributed by atoms with van der Waals surface area (Å²) in [5, 5.41) is 3.29. The van der Waals surface area contributed by atoms with Crippen molar-refractivity contribution in [2.45, 2.75) is 12.8 Å². The molecule has 0 saturated heterocycles. The van der Waals surface area contributed by atoms with Crippen LogP contribution in [0, 0.1) is 11.6 Å². The minimum atomic E-state index is -0.805. The molecule has 0 aromatic heterocycles. The molecular formula is C15H13F2N. The Morgan fingerprint density at radius 2 is 1.72 bits per heavy atom. The fourth-order valence-electron chi connectivity index (χ4n) is 2.45. The molecule has 1 nitrogen and oxygen atoms in total. The Morgan fingerprint density at radius 3 is 2.61 bits per heavy atom. The Morgan fingerprint density at radius 1 is 0.944 bits per heavy atom. The van der Waals surface area contributed by atoms with Crippen LogP contribution in [0.5, 0.6) is 0 Å². The largest absolute Gasteiger partial charge is 0.384 e. The van der Waals surface area contributed by atoms with E-state index in [1.54, 1.807) is 6.07 Å². The highest BCUT2D eigenvalue weighted by Gasteiger charge is 2.17. The number of halogens is 2. The van der Waals surface area contributed by atoms with Gasteiger partial charge in [-0.2, -0.15) is 0 Å². The monoisotopic (exact) mass is 245 g/mol. The number of benzene rings is 2. The molecule has 0 radical (unpaired) electrons. The number of rotatable bonds is 1. The quantitative estimate of drug-likeness (QED) is 0.801. The van der Waals surface area contributed by atoms with Crippen molar-refractivity contribution in [1.29, 1.82) is 0 Å². The molecule has 18 heavy (non-hydrogen) atoms. The third kappa shape index (κ3) is 1.76. The summed E-state index contributed by atoms with van der Waals surface area (Å²) in [7, 11) is 0. The van der Waals surface area contributed by atoms with Crippen LogP contribution in [-0.4, -0.2) is 6.54 Å². The fourth-order valence-corrected chi connectivity index (χ4v) is 2.45. The molecule has 1 heterocycles. The van der Waals surface area contributed by atoms with E-state index < -0.39 is 11.6 Å². The molecule has 0 atom stereocenters. The van der Waals surface area contributed by atoms with E-state index in [-0.39, 0.29) is 0 Å². The summed E-state index contributed by atoms with van der Waals surface area (Å²) in [5.74, 6) is -1.58. The Balaban J connectivity index is 2.20. The summed E-state index contributed by atoms with van der Waals surface area (Å²) < 4.78 is 27.2. The molecule has 3 heteroatoms. The van der Waals surface area contributed by atoms with Gasteiger partial charge in [0.2, 0.25) is 0 Å². The average molecular weight is 245 g/mol. The summed E-state index contributed by atoms with van der Waals surface area (Å²) >= 11 is 0. The molecule has 0 spiro atoms. The zero-order valence-electron chi connectivity index (χ0n) is 9.84. The lowest BCUT2D eigenvalue weighted by molar-refractivity contribution is 0.511. The van der Waals surface area contributed by atoms with Gasteiger partial charge in [-0.3, -0.25) is 0 Å². The molecule has 1 aliphatic heterocycles. The number of aryl methyl sites for hydroxylation is 1. The molecule has 1 N–H and O–H groups in total. The van der Waals surface area contributed by atoms with Gasteiger partial charge in [0.1, 0.15) is 0 Å². The third-order valence-corrected chi connectivity index (χ3v) is 3.32. The summed E-state index contributed by atoms with van der Waals surface area (Å²) in [4.78, 5) is 0. The maximum absolute atomic E-state index is 13.9. The van der Waals surface area contributed by atoms with Crippen molar-refractivity contribution in [3.05, 3.63) is 53.6 Å². The van der Waals surface area contributed by atoms with Crippen LogP contribution >= 0.6 is 0 Å². The van der Waals surface area contributed by atoms with Gasteiger partial charge in [0.25, 0.3) is 0 Å². The molecule has 0 amide bonds. The second-order valence-electron chi connectivity index (χ2n) is 4.47. The van der Waals surface area contributed by atoms with E-state index in [2.05, 4.69) is 5.32 Å². The van der Waals surface area contributed by atoms with Crippen molar-refractivity contribution >= 4 is 5.69 Å². The lowest BCUT2D eigenvalue weighted by atomic mass is 9.95. The number of anilines is 1. The lowest BCUT2D eigenvalue weighted by Gasteiger charge is -2.21. The van der Waals surface area contributed by atoms with Crippen LogP contribution in [-0.2, 0) is 6.42 Å². The van der Waals surface area contributed by atoms with E-state index in [0.717, 1.165) is 36.7 Å². The molecule has 0 fully saturated rings. The smallest absolute Gasteiger partial charge is 0.166 e. The molecule has 92 valence electrons. The molecule has 3 rings (SSSR count). The van der Waals surface area contributed by atoms with Gasteiger partial charge in [0, 0.05) is 23.4 Å². The van der Waals surface area contributed by atoms with Crippen LogP contribution in [0.3, 0.4) is 0 Å². The van der Waals surface area contributed by atoms with Crippen LogP contribution in [0.4, 0.5) is 14.5 Å². The van der Waals surface area contributed by atoms with Crippen molar-refractivity contribution < 1.29 is 8.78 Å². The lowest BCUT2D eigenvalue weighted by Crippen LogP contribution is -2.12. The molecule has 2 aromatic rings. The van der Waals surface area contributed by atoms with E-state index in [1.165, 1.54) is 11.6 Å². The predicted molar refractivity (Wildman–Crippen MR) is 68.6 cm³/mol. The SMILES string of the molecule is Fc1cccc(-c2cccc3c2NCCC3)c1F. The maximum Gasteiger partial charge on any atom is 0.166 e. The topological polar surface area (TPSA) is 12.0 Å². The maximum atomic E-state index is 13.9. The second-order valence-corrected chi connectivity index (χ2v) is 4.47. The zero-order chi connectivity index (χ0) is 12.5. The van der Waals surface area contributed by atoms with Crippen molar-refractivity contribution in [3.8, 4) is 11.1 Å². The van der Waals surface area contributed by atoms with Crippen molar-refractivity contribution in [2.75, 3.05) is 11.9 Å². The first-order valence-corrected chi connectivity index (χ1v) is 6.07. The van der Waals surface area contributed by atoms with Gasteiger partial charge >= 0.3 is 0 Å². The minimum absolute atomic E-state index is 0.321. The van der Waals surface area contributed by atoms with Crippen LogP contribution in [0.25, 0.3) is 11.1 Å². The second kappa shape index (κ2) is 4.41. The van der Waals surface area contributed by atoms with Crippen molar-refractivity contribution in [2.24, 2.45) is 0 Å². The molecular weight excluding hydrogens is 232 g/mol. The molecule has 1 aliphatic rings. The van der Waals surface area contributed by atoms with E-state index >= 15 is 0 Å². The molecule has 2 aromatic carbocycles. The van der Waals surface area contributed by atoms with Gasteiger partial charge < -0.3 is 5.32 Å². The van der Waals surface area contributed by atoms with Crippen LogP contribution in [0.15, 0.2) is 36.4 Å². The molecule has 0 unspecified atom stereocenters. The third-order valence-electron chi connectivity index (χ3n) is 3.32. The van der Waals surface area contributed by atoms with Gasteiger partial charge in [-0.25, -0.2) is 8.78 Å². The first-order chi connectivity index (χ1) is 8.77. The van der Waals surface area contributed by atoms with Crippen LogP contribution in [0.1, 0.15) is 12.0 Å². The normalized spacial score (nSPS) is 13.9. The van der Waals surface area contributed by atoms with Crippen molar-refractivity contribution in [3.63, 3.8) is 0 Å². The average Bonchev–Trinajstić information content (AvgIpc) is 2.41. The number of hydrogen-bond donors (Lipinski definition) is 1. The highest BCUT2D eigenvalue weighted by atomic mass is 19.2. The Bertz CT molecular complexity index is 593. The molecule has 0 bridgehead atoms. The van der Waals surface area contributed by atoms with Crippen molar-refractivity contribution in [1.82, 2.24) is 0 Å². The van der Waals surface area contributed by atoms with Gasteiger partial charge in [-0.1, -0.05) is 30.3 Å². The Kier molecular flexibility index (Phi) is 2.74. The van der Waals surface area contributed by atoms with Crippen LogP contribution in [0.2, 0.25) is 0 Å². The zero-order valence-corrected chi connectivity index (χ0v) is 9.84. The van der Waals surface area contributed by atoms with E-state index in [9.17, 15) is 8.78 Å². The summed E-state index contributed by atoms with van der Waals surface area (Å²) in [6.45, 7) is 0.876. The highest BCUT2D eigenvalue weighted by Crippen LogP contribution is 2.35. The summed E-state index contributed by atoms with van der Waals surface area (Å²) in [6, 6.07) is 10.0. The number of hydrogen-bond acceptors (Lipinski definition) is 1. The summed E-state index contributed by atoms with van der Waals surface area (Å²) in [5.41, 5.74) is 3.17. The van der Waals surface area contributed by atoms with E-state index in [0.29, 0.717) is 5.56 Å². The fraction of sp³-hybridized carbons (Fsp3) is 0.200. The van der Waals surface area contributed by atoms with Gasteiger partial charge in [-0.05, 0) is 24.5 Å². The van der Waals surface area contributed by atoms with Crippen LogP contribution < -0.4 is 5.32 Å². The highest BCUT2D eigenvalue weighted by molar-refractivity contribution is 5.81.